The van der Waals surface area contributed by atoms with Gasteiger partial charge in [0.1, 0.15) is 10.7 Å². The normalized spacial score (nSPS) is 14.8. The van der Waals surface area contributed by atoms with Crippen molar-refractivity contribution in [2.75, 3.05) is 38.0 Å². The van der Waals surface area contributed by atoms with Gasteiger partial charge in [-0.1, -0.05) is 24.3 Å². The monoisotopic (exact) mass is 412 g/mol. The number of hydrogen-bond acceptors (Lipinski definition) is 6. The molecule has 1 aliphatic rings. The molecule has 4 rings (SSSR count). The number of rotatable bonds is 5. The summed E-state index contributed by atoms with van der Waals surface area (Å²) in [5.41, 5.74) is 1.30. The Balaban J connectivity index is 1.28. The number of benzene rings is 1. The fourth-order valence-corrected chi connectivity index (χ4v) is 4.69. The zero-order chi connectivity index (χ0) is 19.3. The van der Waals surface area contributed by atoms with E-state index in [2.05, 4.69) is 15.2 Å². The summed E-state index contributed by atoms with van der Waals surface area (Å²) < 4.78 is 0. The molecule has 1 fully saturated rings. The fourth-order valence-electron chi connectivity index (χ4n) is 3.08. The van der Waals surface area contributed by atoms with E-state index in [1.165, 1.54) is 11.3 Å². The van der Waals surface area contributed by atoms with Crippen LogP contribution in [0.5, 0.6) is 0 Å². The van der Waals surface area contributed by atoms with Crippen LogP contribution in [0.3, 0.4) is 0 Å². The molecule has 0 bridgehead atoms. The Hall–Kier alpha value is -2.55. The van der Waals surface area contributed by atoms with Crippen LogP contribution in [0.25, 0.3) is 9.88 Å². The lowest BCUT2D eigenvalue weighted by atomic mass is 10.2. The minimum absolute atomic E-state index is 0.0348. The molecule has 0 aliphatic carbocycles. The van der Waals surface area contributed by atoms with Crippen molar-refractivity contribution in [2.24, 2.45) is 0 Å². The molecule has 3 aromatic rings. The maximum atomic E-state index is 12.7. The predicted molar refractivity (Wildman–Crippen MR) is 113 cm³/mol. The van der Waals surface area contributed by atoms with Crippen molar-refractivity contribution in [3.05, 3.63) is 58.9 Å². The third kappa shape index (κ3) is 4.46. The van der Waals surface area contributed by atoms with Crippen molar-refractivity contribution >= 4 is 40.2 Å². The summed E-state index contributed by atoms with van der Waals surface area (Å²) in [7, 11) is 0. The van der Waals surface area contributed by atoms with E-state index in [1.54, 1.807) is 11.3 Å². The molecule has 0 spiro atoms. The van der Waals surface area contributed by atoms with Gasteiger partial charge < -0.3 is 10.2 Å². The van der Waals surface area contributed by atoms with Crippen LogP contribution in [0, 0.1) is 0 Å². The first-order valence-electron chi connectivity index (χ1n) is 9.05. The highest BCUT2D eigenvalue weighted by Gasteiger charge is 2.25. The van der Waals surface area contributed by atoms with Crippen molar-refractivity contribution in [1.29, 1.82) is 0 Å². The molecule has 28 heavy (non-hydrogen) atoms. The minimum atomic E-state index is -0.0360. The average molecular weight is 413 g/mol. The maximum Gasteiger partial charge on any atom is 0.273 e. The van der Waals surface area contributed by atoms with Crippen LogP contribution in [0.2, 0.25) is 0 Å². The van der Waals surface area contributed by atoms with E-state index in [-0.39, 0.29) is 11.8 Å². The second-order valence-corrected chi connectivity index (χ2v) is 8.30. The number of amides is 2. The Morgan fingerprint density at radius 2 is 1.79 bits per heavy atom. The van der Waals surface area contributed by atoms with Gasteiger partial charge in [0, 0.05) is 37.2 Å². The van der Waals surface area contributed by atoms with Gasteiger partial charge in [-0.25, -0.2) is 4.98 Å². The first-order chi connectivity index (χ1) is 13.7. The SMILES string of the molecule is O=C(CN1CCN(C(=O)c2csc(-c3cccs3)n2)CC1)Nc1ccccc1. The van der Waals surface area contributed by atoms with Gasteiger partial charge in [-0.3, -0.25) is 14.5 Å². The topological polar surface area (TPSA) is 65.5 Å². The van der Waals surface area contributed by atoms with Crippen LogP contribution >= 0.6 is 22.7 Å². The zero-order valence-corrected chi connectivity index (χ0v) is 16.8. The molecule has 1 aromatic carbocycles. The fraction of sp³-hybridized carbons (Fsp3) is 0.250. The third-order valence-electron chi connectivity index (χ3n) is 4.54. The molecule has 3 heterocycles. The lowest BCUT2D eigenvalue weighted by Gasteiger charge is -2.33. The van der Waals surface area contributed by atoms with Gasteiger partial charge in [0.25, 0.3) is 5.91 Å². The van der Waals surface area contributed by atoms with E-state index >= 15 is 0 Å². The molecule has 0 unspecified atom stereocenters. The third-order valence-corrected chi connectivity index (χ3v) is 6.42. The number of aromatic nitrogens is 1. The molecular weight excluding hydrogens is 392 g/mol. The number of nitrogens with zero attached hydrogens (tertiary/aromatic N) is 3. The highest BCUT2D eigenvalue weighted by Crippen LogP contribution is 2.28. The predicted octanol–water partition coefficient (Wildman–Crippen LogP) is 3.27. The number of carbonyl (C=O) groups is 2. The quantitative estimate of drug-likeness (QED) is 0.699. The molecule has 1 N–H and O–H groups in total. The lowest BCUT2D eigenvalue weighted by Crippen LogP contribution is -2.50. The minimum Gasteiger partial charge on any atom is -0.335 e. The Morgan fingerprint density at radius 1 is 1.00 bits per heavy atom. The highest BCUT2D eigenvalue weighted by molar-refractivity contribution is 7.20. The van der Waals surface area contributed by atoms with Gasteiger partial charge in [0.2, 0.25) is 5.91 Å². The summed E-state index contributed by atoms with van der Waals surface area (Å²) in [5.74, 6) is -0.0708. The van der Waals surface area contributed by atoms with Gasteiger partial charge in [-0.05, 0) is 23.6 Å². The van der Waals surface area contributed by atoms with Gasteiger partial charge in [-0.2, -0.15) is 0 Å². The molecule has 2 aromatic heterocycles. The maximum absolute atomic E-state index is 12.7. The Kier molecular flexibility index (Phi) is 5.80. The Morgan fingerprint density at radius 3 is 2.50 bits per heavy atom. The van der Waals surface area contributed by atoms with E-state index in [0.29, 0.717) is 38.4 Å². The van der Waals surface area contributed by atoms with Crippen LogP contribution in [-0.2, 0) is 4.79 Å². The summed E-state index contributed by atoms with van der Waals surface area (Å²) in [6.07, 6.45) is 0. The Labute approximate surface area is 171 Å². The molecule has 0 radical (unpaired) electrons. The molecule has 1 aliphatic heterocycles. The standard InChI is InChI=1S/C20H20N4O2S2/c25-18(21-15-5-2-1-3-6-15)13-23-8-10-24(11-9-23)20(26)16-14-28-19(22-16)17-7-4-12-27-17/h1-7,12,14H,8-11,13H2,(H,21,25). The van der Waals surface area contributed by atoms with Crippen molar-refractivity contribution in [1.82, 2.24) is 14.8 Å². The van der Waals surface area contributed by atoms with Crippen LogP contribution in [-0.4, -0.2) is 59.3 Å². The largest absolute Gasteiger partial charge is 0.335 e. The first kappa shape index (κ1) is 18.8. The Bertz CT molecular complexity index is 932. The van der Waals surface area contributed by atoms with Crippen LogP contribution < -0.4 is 5.32 Å². The van der Waals surface area contributed by atoms with Crippen LogP contribution in [0.15, 0.2) is 53.2 Å². The van der Waals surface area contributed by atoms with Crippen molar-refractivity contribution in [3.63, 3.8) is 0 Å². The van der Waals surface area contributed by atoms with Gasteiger partial charge in [-0.15, -0.1) is 22.7 Å². The molecule has 1 saturated heterocycles. The van der Waals surface area contributed by atoms with Crippen molar-refractivity contribution in [2.45, 2.75) is 0 Å². The van der Waals surface area contributed by atoms with E-state index in [0.717, 1.165) is 15.6 Å². The summed E-state index contributed by atoms with van der Waals surface area (Å²) in [5, 5.41) is 7.62. The molecule has 144 valence electrons. The molecule has 8 heteroatoms. The van der Waals surface area contributed by atoms with Gasteiger partial charge >= 0.3 is 0 Å². The number of thiophene rings is 1. The summed E-state index contributed by atoms with van der Waals surface area (Å²) in [4.78, 5) is 34.4. The highest BCUT2D eigenvalue weighted by atomic mass is 32.1. The molecule has 0 atom stereocenters. The number of carbonyl (C=O) groups excluding carboxylic acids is 2. The second-order valence-electron chi connectivity index (χ2n) is 6.50. The van der Waals surface area contributed by atoms with Crippen molar-refractivity contribution in [3.8, 4) is 9.88 Å². The molecule has 6 nitrogen and oxygen atoms in total. The van der Waals surface area contributed by atoms with E-state index in [4.69, 9.17) is 0 Å². The molecule has 2 amide bonds. The average Bonchev–Trinajstić information content (AvgIpc) is 3.40. The van der Waals surface area contributed by atoms with E-state index in [9.17, 15) is 9.59 Å². The number of hydrogen-bond donors (Lipinski definition) is 1. The van der Waals surface area contributed by atoms with E-state index in [1.807, 2.05) is 58.1 Å². The number of anilines is 1. The lowest BCUT2D eigenvalue weighted by molar-refractivity contribution is -0.117. The van der Waals surface area contributed by atoms with Crippen LogP contribution in [0.1, 0.15) is 10.5 Å². The van der Waals surface area contributed by atoms with Gasteiger partial charge in [0.15, 0.2) is 0 Å². The summed E-state index contributed by atoms with van der Waals surface area (Å²) >= 11 is 3.12. The zero-order valence-electron chi connectivity index (χ0n) is 15.2. The van der Waals surface area contributed by atoms with Gasteiger partial charge in [0.05, 0.1) is 11.4 Å². The summed E-state index contributed by atoms with van der Waals surface area (Å²) in [6, 6.07) is 13.4. The number of nitrogens with one attached hydrogen (secondary N) is 1. The van der Waals surface area contributed by atoms with Crippen molar-refractivity contribution < 1.29 is 9.59 Å². The molecule has 0 saturated carbocycles. The number of piperazine rings is 1. The second kappa shape index (κ2) is 8.64. The van der Waals surface area contributed by atoms with Crippen LogP contribution in [0.4, 0.5) is 5.69 Å². The molecular formula is C20H20N4O2S2. The smallest absolute Gasteiger partial charge is 0.273 e. The van der Waals surface area contributed by atoms with E-state index < -0.39 is 0 Å². The number of thiazole rings is 1. The summed E-state index contributed by atoms with van der Waals surface area (Å²) in [6.45, 7) is 2.88. The number of para-hydroxylation sites is 1. The first-order valence-corrected chi connectivity index (χ1v) is 10.8.